The fourth-order valence-corrected chi connectivity index (χ4v) is 3.38. The maximum absolute atomic E-state index is 12.6. The zero-order valence-electron chi connectivity index (χ0n) is 15.4. The van der Waals surface area contributed by atoms with Gasteiger partial charge in [0.2, 0.25) is 0 Å². The number of ether oxygens (including phenoxy) is 2. The Morgan fingerprint density at radius 3 is 2.81 bits per heavy atom. The average Bonchev–Trinajstić information content (AvgIpc) is 2.64. The first kappa shape index (κ1) is 18.7. The van der Waals surface area contributed by atoms with Crippen molar-refractivity contribution < 1.29 is 19.1 Å². The Morgan fingerprint density at radius 1 is 1.31 bits per heavy atom. The maximum atomic E-state index is 12.6. The third-order valence-electron chi connectivity index (χ3n) is 4.68. The molecule has 1 saturated heterocycles. The molecule has 0 aromatic heterocycles. The fourth-order valence-electron chi connectivity index (χ4n) is 3.38. The number of amides is 2. The quantitative estimate of drug-likeness (QED) is 0.803. The molecule has 1 fully saturated rings. The van der Waals surface area contributed by atoms with E-state index >= 15 is 0 Å². The third kappa shape index (κ3) is 4.74. The van der Waals surface area contributed by atoms with Gasteiger partial charge in [0.25, 0.3) is 11.8 Å². The van der Waals surface area contributed by atoms with E-state index in [4.69, 9.17) is 9.47 Å². The van der Waals surface area contributed by atoms with Gasteiger partial charge in [0.05, 0.1) is 18.9 Å². The molecule has 2 heterocycles. The van der Waals surface area contributed by atoms with Gasteiger partial charge in [-0.3, -0.25) is 14.5 Å². The van der Waals surface area contributed by atoms with Crippen LogP contribution in [0.5, 0.6) is 5.75 Å². The SMILES string of the molecule is CC(C)C[C@H](CNC(=O)c1ccc2c(c1)OCC(=O)N2)N1CCOCC1. The summed E-state index contributed by atoms with van der Waals surface area (Å²) in [5.74, 6) is 0.775. The highest BCUT2D eigenvalue weighted by Gasteiger charge is 2.23. The molecular formula is C19H27N3O4. The predicted molar refractivity (Wildman–Crippen MR) is 98.5 cm³/mol. The van der Waals surface area contributed by atoms with Crippen LogP contribution in [0.25, 0.3) is 0 Å². The normalized spacial score (nSPS) is 18.7. The van der Waals surface area contributed by atoms with Gasteiger partial charge in [0.15, 0.2) is 6.61 Å². The molecule has 7 heteroatoms. The highest BCUT2D eigenvalue weighted by Crippen LogP contribution is 2.28. The van der Waals surface area contributed by atoms with Crippen LogP contribution in [-0.4, -0.2) is 62.2 Å². The number of morpholine rings is 1. The van der Waals surface area contributed by atoms with Gasteiger partial charge in [-0.15, -0.1) is 0 Å². The molecule has 2 amide bonds. The van der Waals surface area contributed by atoms with E-state index in [-0.39, 0.29) is 18.4 Å². The molecule has 1 atom stereocenters. The number of benzene rings is 1. The number of carbonyl (C=O) groups is 2. The smallest absolute Gasteiger partial charge is 0.262 e. The van der Waals surface area contributed by atoms with Crippen molar-refractivity contribution in [1.82, 2.24) is 10.2 Å². The second kappa shape index (κ2) is 8.51. The summed E-state index contributed by atoms with van der Waals surface area (Å²) >= 11 is 0. The summed E-state index contributed by atoms with van der Waals surface area (Å²) in [6, 6.07) is 5.39. The lowest BCUT2D eigenvalue weighted by atomic mass is 10.0. The minimum atomic E-state index is -0.184. The molecule has 0 unspecified atom stereocenters. The molecule has 0 radical (unpaired) electrons. The molecule has 0 saturated carbocycles. The van der Waals surface area contributed by atoms with Gasteiger partial charge in [0, 0.05) is 31.2 Å². The molecule has 142 valence electrons. The first-order chi connectivity index (χ1) is 12.5. The highest BCUT2D eigenvalue weighted by molar-refractivity contribution is 5.98. The number of carbonyl (C=O) groups excluding carboxylic acids is 2. The second-order valence-corrected chi connectivity index (χ2v) is 7.19. The van der Waals surface area contributed by atoms with Crippen LogP contribution in [0, 0.1) is 5.92 Å². The highest BCUT2D eigenvalue weighted by atomic mass is 16.5. The first-order valence-electron chi connectivity index (χ1n) is 9.19. The molecule has 1 aromatic carbocycles. The van der Waals surface area contributed by atoms with Crippen LogP contribution in [-0.2, 0) is 9.53 Å². The summed E-state index contributed by atoms with van der Waals surface area (Å²) in [5, 5.41) is 5.78. The van der Waals surface area contributed by atoms with Gasteiger partial charge in [-0.05, 0) is 30.5 Å². The second-order valence-electron chi connectivity index (χ2n) is 7.19. The molecule has 3 rings (SSSR count). The Morgan fingerprint density at radius 2 is 2.08 bits per heavy atom. The molecule has 7 nitrogen and oxygen atoms in total. The van der Waals surface area contributed by atoms with Crippen LogP contribution in [0.3, 0.4) is 0 Å². The van der Waals surface area contributed by atoms with Crippen LogP contribution < -0.4 is 15.4 Å². The number of hydrogen-bond donors (Lipinski definition) is 2. The van der Waals surface area contributed by atoms with E-state index in [2.05, 4.69) is 29.4 Å². The lowest BCUT2D eigenvalue weighted by Crippen LogP contribution is -2.49. The minimum absolute atomic E-state index is 0.0223. The van der Waals surface area contributed by atoms with Gasteiger partial charge >= 0.3 is 0 Å². The summed E-state index contributed by atoms with van der Waals surface area (Å²) < 4.78 is 10.8. The van der Waals surface area contributed by atoms with E-state index in [1.54, 1.807) is 18.2 Å². The minimum Gasteiger partial charge on any atom is -0.482 e. The van der Waals surface area contributed by atoms with Crippen LogP contribution in [0.2, 0.25) is 0 Å². The lowest BCUT2D eigenvalue weighted by Gasteiger charge is -2.35. The number of hydrogen-bond acceptors (Lipinski definition) is 5. The molecule has 0 aliphatic carbocycles. The van der Waals surface area contributed by atoms with Crippen molar-refractivity contribution in [3.8, 4) is 5.75 Å². The van der Waals surface area contributed by atoms with Crippen molar-refractivity contribution in [2.45, 2.75) is 26.3 Å². The van der Waals surface area contributed by atoms with Gasteiger partial charge in [-0.2, -0.15) is 0 Å². The van der Waals surface area contributed by atoms with Crippen molar-refractivity contribution in [3.05, 3.63) is 23.8 Å². The Hall–Kier alpha value is -2.12. The van der Waals surface area contributed by atoms with E-state index in [9.17, 15) is 9.59 Å². The summed E-state index contributed by atoms with van der Waals surface area (Å²) in [4.78, 5) is 26.3. The van der Waals surface area contributed by atoms with E-state index in [1.165, 1.54) is 0 Å². The summed E-state index contributed by atoms with van der Waals surface area (Å²) in [7, 11) is 0. The number of nitrogens with one attached hydrogen (secondary N) is 2. The van der Waals surface area contributed by atoms with Crippen molar-refractivity contribution in [2.75, 3.05) is 44.8 Å². The number of rotatable bonds is 6. The molecule has 2 N–H and O–H groups in total. The van der Waals surface area contributed by atoms with E-state index < -0.39 is 0 Å². The molecular weight excluding hydrogens is 334 g/mol. The Balaban J connectivity index is 1.61. The van der Waals surface area contributed by atoms with Gasteiger partial charge < -0.3 is 20.1 Å². The third-order valence-corrected chi connectivity index (χ3v) is 4.68. The van der Waals surface area contributed by atoms with Crippen LogP contribution in [0.1, 0.15) is 30.6 Å². The standard InChI is InChI=1S/C19H27N3O4/c1-13(2)9-15(22-5-7-25-8-6-22)11-20-19(24)14-3-4-16-17(10-14)26-12-18(23)21-16/h3-4,10,13,15H,5-9,11-12H2,1-2H3,(H,20,24)(H,21,23)/t15-/m1/s1. The molecule has 0 spiro atoms. The van der Waals surface area contributed by atoms with Gasteiger partial charge in [-0.1, -0.05) is 13.8 Å². The molecule has 2 aliphatic heterocycles. The van der Waals surface area contributed by atoms with Crippen LogP contribution in [0.4, 0.5) is 5.69 Å². The Kier molecular flexibility index (Phi) is 6.11. The van der Waals surface area contributed by atoms with Crippen LogP contribution >= 0.6 is 0 Å². The number of anilines is 1. The lowest BCUT2D eigenvalue weighted by molar-refractivity contribution is -0.118. The molecule has 0 bridgehead atoms. The summed E-state index contributed by atoms with van der Waals surface area (Å²) in [5.41, 5.74) is 1.13. The average molecular weight is 361 g/mol. The zero-order valence-corrected chi connectivity index (χ0v) is 15.4. The first-order valence-corrected chi connectivity index (χ1v) is 9.19. The largest absolute Gasteiger partial charge is 0.482 e. The molecule has 2 aliphatic rings. The molecule has 26 heavy (non-hydrogen) atoms. The summed E-state index contributed by atoms with van der Waals surface area (Å²) in [6.45, 7) is 8.28. The Bertz CT molecular complexity index is 656. The maximum Gasteiger partial charge on any atom is 0.262 e. The molecule has 1 aromatic rings. The van der Waals surface area contributed by atoms with E-state index in [0.29, 0.717) is 35.5 Å². The van der Waals surface area contributed by atoms with Gasteiger partial charge in [-0.25, -0.2) is 0 Å². The topological polar surface area (TPSA) is 79.9 Å². The zero-order chi connectivity index (χ0) is 18.5. The number of fused-ring (bicyclic) bond motifs is 1. The van der Waals surface area contributed by atoms with E-state index in [0.717, 1.165) is 32.7 Å². The summed E-state index contributed by atoms with van der Waals surface area (Å²) in [6.07, 6.45) is 1.03. The van der Waals surface area contributed by atoms with Gasteiger partial charge in [0.1, 0.15) is 5.75 Å². The number of nitrogens with zero attached hydrogens (tertiary/aromatic N) is 1. The Labute approximate surface area is 154 Å². The van der Waals surface area contributed by atoms with Crippen molar-refractivity contribution >= 4 is 17.5 Å². The van der Waals surface area contributed by atoms with Crippen molar-refractivity contribution in [1.29, 1.82) is 0 Å². The predicted octanol–water partition coefficient (Wildman–Crippen LogP) is 1.49. The fraction of sp³-hybridized carbons (Fsp3) is 0.579. The van der Waals surface area contributed by atoms with Crippen LogP contribution in [0.15, 0.2) is 18.2 Å². The monoisotopic (exact) mass is 361 g/mol. The van der Waals surface area contributed by atoms with Crippen molar-refractivity contribution in [3.63, 3.8) is 0 Å². The van der Waals surface area contributed by atoms with E-state index in [1.807, 2.05) is 0 Å². The van der Waals surface area contributed by atoms with Crippen molar-refractivity contribution in [2.24, 2.45) is 5.92 Å².